The predicted octanol–water partition coefficient (Wildman–Crippen LogP) is 1.44. The first-order valence-corrected chi connectivity index (χ1v) is 7.83. The van der Waals surface area contributed by atoms with Crippen LogP contribution in [-0.2, 0) is 9.53 Å². The molecule has 0 aliphatic heterocycles. The first-order valence-electron chi connectivity index (χ1n) is 6.95. The molecule has 0 fully saturated rings. The monoisotopic (exact) mass is 326 g/mol. The number of hydrogen-bond donors (Lipinski definition) is 1. The summed E-state index contributed by atoms with van der Waals surface area (Å²) < 4.78 is 4.87. The van der Waals surface area contributed by atoms with Gasteiger partial charge in [-0.1, -0.05) is 25.6 Å². The van der Waals surface area contributed by atoms with Gasteiger partial charge in [-0.05, 0) is 12.8 Å². The highest BCUT2D eigenvalue weighted by Crippen LogP contribution is 2.27. The van der Waals surface area contributed by atoms with Gasteiger partial charge in [0.15, 0.2) is 5.16 Å². The molecule has 0 saturated heterocycles. The zero-order valence-electron chi connectivity index (χ0n) is 13.5. The van der Waals surface area contributed by atoms with Crippen molar-refractivity contribution in [3.63, 3.8) is 0 Å². The van der Waals surface area contributed by atoms with Crippen molar-refractivity contribution in [3.8, 4) is 0 Å². The number of hydrogen-bond acceptors (Lipinski definition) is 7. The normalized spacial score (nSPS) is 12.1. The standard InChI is InChI=1S/C14H22N4O3S/c1-6-21-13(20)9-7-16-14(17-11(9)15)22-10(8(2)3)12(19)18(4)5/h7-8,10H,6H2,1-5H3,(H2,15,16,17). The largest absolute Gasteiger partial charge is 0.462 e. The Morgan fingerprint density at radius 2 is 2.05 bits per heavy atom. The summed E-state index contributed by atoms with van der Waals surface area (Å²) in [5, 5.41) is 0.0438. The molecule has 22 heavy (non-hydrogen) atoms. The molecule has 1 unspecified atom stereocenters. The minimum Gasteiger partial charge on any atom is -0.462 e. The number of carbonyl (C=O) groups excluding carboxylic acids is 2. The molecule has 0 aliphatic rings. The van der Waals surface area contributed by atoms with Crippen LogP contribution in [0.3, 0.4) is 0 Å². The smallest absolute Gasteiger partial charge is 0.343 e. The summed E-state index contributed by atoms with van der Waals surface area (Å²) in [5.74, 6) is -0.414. The third kappa shape index (κ3) is 4.59. The lowest BCUT2D eigenvalue weighted by Gasteiger charge is -2.22. The molecule has 0 saturated carbocycles. The molecule has 1 aromatic heterocycles. The summed E-state index contributed by atoms with van der Waals surface area (Å²) in [4.78, 5) is 33.6. The molecule has 0 aromatic carbocycles. The van der Waals surface area contributed by atoms with Crippen molar-refractivity contribution < 1.29 is 14.3 Å². The molecule has 1 atom stereocenters. The number of carbonyl (C=O) groups is 2. The van der Waals surface area contributed by atoms with E-state index in [1.165, 1.54) is 22.9 Å². The van der Waals surface area contributed by atoms with Gasteiger partial charge in [0.2, 0.25) is 5.91 Å². The molecule has 0 radical (unpaired) electrons. The molecule has 7 nitrogen and oxygen atoms in total. The second-order valence-electron chi connectivity index (χ2n) is 5.19. The van der Waals surface area contributed by atoms with E-state index in [0.717, 1.165) is 0 Å². The lowest BCUT2D eigenvalue weighted by Crippen LogP contribution is -2.35. The average molecular weight is 326 g/mol. The van der Waals surface area contributed by atoms with Gasteiger partial charge < -0.3 is 15.4 Å². The molecular formula is C14H22N4O3S. The molecule has 0 aliphatic carbocycles. The predicted molar refractivity (Wildman–Crippen MR) is 85.6 cm³/mol. The average Bonchev–Trinajstić information content (AvgIpc) is 2.43. The topological polar surface area (TPSA) is 98.4 Å². The van der Waals surface area contributed by atoms with E-state index in [1.807, 2.05) is 13.8 Å². The van der Waals surface area contributed by atoms with Crippen LogP contribution < -0.4 is 5.73 Å². The Hall–Kier alpha value is -1.83. The third-order valence-corrected chi connectivity index (χ3v) is 4.22. The van der Waals surface area contributed by atoms with Crippen LogP contribution in [0.5, 0.6) is 0 Å². The van der Waals surface area contributed by atoms with E-state index in [0.29, 0.717) is 5.16 Å². The highest BCUT2D eigenvalue weighted by atomic mass is 32.2. The Labute approximate surface area is 134 Å². The highest BCUT2D eigenvalue weighted by molar-refractivity contribution is 8.00. The van der Waals surface area contributed by atoms with E-state index in [1.54, 1.807) is 21.0 Å². The minimum atomic E-state index is -0.554. The van der Waals surface area contributed by atoms with E-state index in [4.69, 9.17) is 10.5 Å². The Bertz CT molecular complexity index is 549. The van der Waals surface area contributed by atoms with E-state index < -0.39 is 5.97 Å². The van der Waals surface area contributed by atoms with Crippen molar-refractivity contribution in [2.24, 2.45) is 5.92 Å². The molecule has 2 N–H and O–H groups in total. The zero-order valence-corrected chi connectivity index (χ0v) is 14.3. The fourth-order valence-corrected chi connectivity index (χ4v) is 2.72. The number of rotatable bonds is 6. The van der Waals surface area contributed by atoms with Crippen LogP contribution in [0.2, 0.25) is 0 Å². The van der Waals surface area contributed by atoms with E-state index in [9.17, 15) is 9.59 Å². The number of esters is 1. The maximum Gasteiger partial charge on any atom is 0.343 e. The molecule has 0 bridgehead atoms. The number of ether oxygens (including phenoxy) is 1. The Balaban J connectivity index is 2.96. The molecule has 1 rings (SSSR count). The van der Waals surface area contributed by atoms with Crippen LogP contribution in [0, 0.1) is 5.92 Å². The first-order chi connectivity index (χ1) is 10.3. The molecule has 1 aromatic rings. The summed E-state index contributed by atoms with van der Waals surface area (Å²) in [6, 6.07) is 0. The SMILES string of the molecule is CCOC(=O)c1cnc(SC(C(=O)N(C)C)C(C)C)nc1N. The van der Waals surface area contributed by atoms with Crippen LogP contribution in [0.15, 0.2) is 11.4 Å². The van der Waals surface area contributed by atoms with Gasteiger partial charge in [0, 0.05) is 20.3 Å². The van der Waals surface area contributed by atoms with E-state index in [2.05, 4.69) is 9.97 Å². The molecule has 0 spiro atoms. The fraction of sp³-hybridized carbons (Fsp3) is 0.571. The number of aromatic nitrogens is 2. The second kappa shape index (κ2) is 7.98. The highest BCUT2D eigenvalue weighted by Gasteiger charge is 2.26. The lowest BCUT2D eigenvalue weighted by molar-refractivity contribution is -0.128. The van der Waals surface area contributed by atoms with Gasteiger partial charge in [-0.3, -0.25) is 4.79 Å². The Kier molecular flexibility index (Phi) is 6.61. The lowest BCUT2D eigenvalue weighted by atomic mass is 10.1. The van der Waals surface area contributed by atoms with Gasteiger partial charge in [-0.2, -0.15) is 0 Å². The Morgan fingerprint density at radius 1 is 1.41 bits per heavy atom. The van der Waals surface area contributed by atoms with Crippen molar-refractivity contribution in [3.05, 3.63) is 11.8 Å². The van der Waals surface area contributed by atoms with Crippen molar-refractivity contribution >= 4 is 29.5 Å². The summed E-state index contributed by atoms with van der Waals surface area (Å²) in [7, 11) is 3.41. The van der Waals surface area contributed by atoms with Crippen LogP contribution in [0.1, 0.15) is 31.1 Å². The number of nitrogens with zero attached hydrogens (tertiary/aromatic N) is 3. The third-order valence-electron chi connectivity index (χ3n) is 2.81. The first kappa shape index (κ1) is 18.2. The second-order valence-corrected chi connectivity index (χ2v) is 6.30. The van der Waals surface area contributed by atoms with Crippen molar-refractivity contribution in [2.45, 2.75) is 31.2 Å². The van der Waals surface area contributed by atoms with E-state index >= 15 is 0 Å². The van der Waals surface area contributed by atoms with Gasteiger partial charge in [0.05, 0.1) is 11.9 Å². The molecule has 122 valence electrons. The van der Waals surface area contributed by atoms with Gasteiger partial charge in [-0.25, -0.2) is 14.8 Å². The van der Waals surface area contributed by atoms with Crippen LogP contribution >= 0.6 is 11.8 Å². The van der Waals surface area contributed by atoms with Gasteiger partial charge in [-0.15, -0.1) is 0 Å². The van der Waals surface area contributed by atoms with Crippen molar-refractivity contribution in [2.75, 3.05) is 26.4 Å². The number of thioether (sulfide) groups is 1. The van der Waals surface area contributed by atoms with Crippen LogP contribution in [-0.4, -0.2) is 52.7 Å². The van der Waals surface area contributed by atoms with Gasteiger partial charge in [0.1, 0.15) is 11.4 Å². The van der Waals surface area contributed by atoms with E-state index in [-0.39, 0.29) is 35.1 Å². The van der Waals surface area contributed by atoms with Crippen LogP contribution in [0.25, 0.3) is 0 Å². The Morgan fingerprint density at radius 3 is 2.50 bits per heavy atom. The summed E-state index contributed by atoms with van der Waals surface area (Å²) in [5.41, 5.74) is 5.91. The summed E-state index contributed by atoms with van der Waals surface area (Å²) in [6.45, 7) is 5.87. The van der Waals surface area contributed by atoms with Gasteiger partial charge >= 0.3 is 5.97 Å². The fourth-order valence-electron chi connectivity index (χ4n) is 1.64. The summed E-state index contributed by atoms with van der Waals surface area (Å²) >= 11 is 1.24. The zero-order chi connectivity index (χ0) is 16.9. The van der Waals surface area contributed by atoms with Crippen molar-refractivity contribution in [1.82, 2.24) is 14.9 Å². The molecule has 1 heterocycles. The quantitative estimate of drug-likeness (QED) is 0.480. The molecule has 1 amide bonds. The number of anilines is 1. The number of nitrogens with two attached hydrogens (primary N) is 1. The number of nitrogen functional groups attached to an aromatic ring is 1. The summed E-state index contributed by atoms with van der Waals surface area (Å²) in [6.07, 6.45) is 1.33. The molecular weight excluding hydrogens is 304 g/mol. The maximum absolute atomic E-state index is 12.2. The molecule has 8 heteroatoms. The van der Waals surface area contributed by atoms with Crippen molar-refractivity contribution in [1.29, 1.82) is 0 Å². The minimum absolute atomic E-state index is 0.0170. The van der Waals surface area contributed by atoms with Crippen LogP contribution in [0.4, 0.5) is 5.82 Å². The maximum atomic E-state index is 12.2. The van der Waals surface area contributed by atoms with Gasteiger partial charge in [0.25, 0.3) is 0 Å². The number of amides is 1.